The van der Waals surface area contributed by atoms with E-state index < -0.39 is 0 Å². The van der Waals surface area contributed by atoms with Crippen LogP contribution in [-0.2, 0) is 14.3 Å². The molecule has 0 aromatic heterocycles. The number of unbranched alkanes of at least 4 members (excludes halogenated alkanes) is 1. The summed E-state index contributed by atoms with van der Waals surface area (Å²) in [4.78, 5) is 14.7. The molecule has 5 heteroatoms. The van der Waals surface area contributed by atoms with Gasteiger partial charge in [0.2, 0.25) is 0 Å². The van der Waals surface area contributed by atoms with Crippen molar-refractivity contribution in [2.75, 3.05) is 37.9 Å². The third-order valence-electron chi connectivity index (χ3n) is 6.19. The Labute approximate surface area is 204 Å². The van der Waals surface area contributed by atoms with Gasteiger partial charge in [-0.3, -0.25) is 0 Å². The van der Waals surface area contributed by atoms with Crippen LogP contribution < -0.4 is 9.64 Å². The van der Waals surface area contributed by atoms with Crippen molar-refractivity contribution in [3.05, 3.63) is 53.6 Å². The SMILES string of the molecule is CCCCOCCOc1ccc(-c2ccc(N3CCCC3C)c(C=C(C)C(=O)OCC)c2)cc1. The maximum absolute atomic E-state index is 12.3. The lowest BCUT2D eigenvalue weighted by molar-refractivity contribution is -0.138. The summed E-state index contributed by atoms with van der Waals surface area (Å²) < 4.78 is 16.6. The van der Waals surface area contributed by atoms with Crippen LogP contribution in [0.2, 0.25) is 0 Å². The van der Waals surface area contributed by atoms with Gasteiger partial charge in [-0.1, -0.05) is 31.5 Å². The normalized spacial score (nSPS) is 16.1. The van der Waals surface area contributed by atoms with Crippen molar-refractivity contribution in [1.29, 1.82) is 0 Å². The van der Waals surface area contributed by atoms with Crippen LogP contribution in [0.25, 0.3) is 17.2 Å². The smallest absolute Gasteiger partial charge is 0.333 e. The van der Waals surface area contributed by atoms with Gasteiger partial charge in [0, 0.05) is 30.5 Å². The molecule has 0 aliphatic carbocycles. The van der Waals surface area contributed by atoms with E-state index in [1.165, 1.54) is 18.5 Å². The summed E-state index contributed by atoms with van der Waals surface area (Å²) in [6.07, 6.45) is 6.56. The van der Waals surface area contributed by atoms with E-state index in [-0.39, 0.29) is 5.97 Å². The van der Waals surface area contributed by atoms with Crippen LogP contribution in [0.4, 0.5) is 5.69 Å². The first kappa shape index (κ1) is 25.8. The van der Waals surface area contributed by atoms with Gasteiger partial charge < -0.3 is 19.1 Å². The van der Waals surface area contributed by atoms with E-state index in [0.29, 0.717) is 31.4 Å². The summed E-state index contributed by atoms with van der Waals surface area (Å²) in [5.41, 5.74) is 5.03. The molecule has 34 heavy (non-hydrogen) atoms. The minimum Gasteiger partial charge on any atom is -0.491 e. The molecule has 2 aromatic carbocycles. The molecule has 5 nitrogen and oxygen atoms in total. The Balaban J connectivity index is 1.78. The summed E-state index contributed by atoms with van der Waals surface area (Å²) in [6, 6.07) is 15.1. The van der Waals surface area contributed by atoms with Gasteiger partial charge in [-0.15, -0.1) is 0 Å². The van der Waals surface area contributed by atoms with Gasteiger partial charge in [-0.2, -0.15) is 0 Å². The Bertz CT molecular complexity index is 951. The zero-order valence-electron chi connectivity index (χ0n) is 21.1. The Hall–Kier alpha value is -2.79. The largest absolute Gasteiger partial charge is 0.491 e. The van der Waals surface area contributed by atoms with E-state index in [9.17, 15) is 4.79 Å². The molecule has 2 aromatic rings. The molecule has 0 amide bonds. The van der Waals surface area contributed by atoms with Gasteiger partial charge in [-0.25, -0.2) is 4.79 Å². The number of carbonyl (C=O) groups is 1. The van der Waals surface area contributed by atoms with Crippen LogP contribution in [-0.4, -0.2) is 45.0 Å². The molecule has 1 aliphatic heterocycles. The molecule has 0 radical (unpaired) electrons. The molecule has 0 saturated carbocycles. The van der Waals surface area contributed by atoms with E-state index in [0.717, 1.165) is 48.4 Å². The topological polar surface area (TPSA) is 48.0 Å². The highest BCUT2D eigenvalue weighted by atomic mass is 16.5. The predicted octanol–water partition coefficient (Wildman–Crippen LogP) is 6.50. The number of ether oxygens (including phenoxy) is 3. The maximum atomic E-state index is 12.3. The number of benzene rings is 2. The number of nitrogens with zero attached hydrogens (tertiary/aromatic N) is 1. The number of hydrogen-bond acceptors (Lipinski definition) is 5. The van der Waals surface area contributed by atoms with Gasteiger partial charge in [0.1, 0.15) is 12.4 Å². The average molecular weight is 466 g/mol. The van der Waals surface area contributed by atoms with Crippen LogP contribution in [0.5, 0.6) is 5.75 Å². The monoisotopic (exact) mass is 465 g/mol. The lowest BCUT2D eigenvalue weighted by Gasteiger charge is -2.26. The van der Waals surface area contributed by atoms with Gasteiger partial charge >= 0.3 is 5.97 Å². The molecule has 0 N–H and O–H groups in total. The van der Waals surface area contributed by atoms with Gasteiger partial charge in [0.25, 0.3) is 0 Å². The first-order valence-corrected chi connectivity index (χ1v) is 12.6. The Morgan fingerprint density at radius 2 is 1.82 bits per heavy atom. The second-order valence-corrected chi connectivity index (χ2v) is 8.84. The Kier molecular flexibility index (Phi) is 10.0. The number of rotatable bonds is 12. The van der Waals surface area contributed by atoms with E-state index in [2.05, 4.69) is 49.1 Å². The maximum Gasteiger partial charge on any atom is 0.333 e. The molecule has 1 atom stereocenters. The zero-order chi connectivity index (χ0) is 24.3. The lowest BCUT2D eigenvalue weighted by atomic mass is 9.99. The fourth-order valence-electron chi connectivity index (χ4n) is 4.25. The highest BCUT2D eigenvalue weighted by Crippen LogP contribution is 2.34. The van der Waals surface area contributed by atoms with Crippen molar-refractivity contribution in [3.8, 4) is 16.9 Å². The standard InChI is InChI=1S/C29H39NO4/c1-5-7-17-32-18-19-34-27-13-10-24(11-14-27)25-12-15-28(30-16-8-9-23(30)4)26(21-25)20-22(3)29(31)33-6-2/h10-15,20-21,23H,5-9,16-19H2,1-4H3. The molecule has 1 unspecified atom stereocenters. The number of anilines is 1. The summed E-state index contributed by atoms with van der Waals surface area (Å²) in [5, 5.41) is 0. The van der Waals surface area contributed by atoms with Crippen LogP contribution in [0, 0.1) is 0 Å². The van der Waals surface area contributed by atoms with Gasteiger partial charge in [0.05, 0.1) is 13.2 Å². The molecule has 1 fully saturated rings. The van der Waals surface area contributed by atoms with Crippen molar-refractivity contribution in [2.24, 2.45) is 0 Å². The van der Waals surface area contributed by atoms with E-state index >= 15 is 0 Å². The predicted molar refractivity (Wildman–Crippen MR) is 139 cm³/mol. The second kappa shape index (κ2) is 13.2. The minimum absolute atomic E-state index is 0.270. The van der Waals surface area contributed by atoms with Crippen molar-refractivity contribution in [2.45, 2.75) is 59.4 Å². The third-order valence-corrected chi connectivity index (χ3v) is 6.19. The van der Waals surface area contributed by atoms with Crippen molar-refractivity contribution in [3.63, 3.8) is 0 Å². The van der Waals surface area contributed by atoms with Crippen molar-refractivity contribution < 1.29 is 19.0 Å². The molecule has 3 rings (SSSR count). The van der Waals surface area contributed by atoms with Crippen LogP contribution >= 0.6 is 0 Å². The molecule has 1 aliphatic rings. The number of esters is 1. The summed E-state index contributed by atoms with van der Waals surface area (Å²) in [7, 11) is 0. The fraction of sp³-hybridized carbons (Fsp3) is 0.483. The zero-order valence-corrected chi connectivity index (χ0v) is 21.1. The number of carbonyl (C=O) groups excluding carboxylic acids is 1. The van der Waals surface area contributed by atoms with E-state index in [1.807, 2.05) is 32.1 Å². The summed E-state index contributed by atoms with van der Waals surface area (Å²) in [5.74, 6) is 0.567. The first-order valence-electron chi connectivity index (χ1n) is 12.6. The molecule has 0 bridgehead atoms. The summed E-state index contributed by atoms with van der Waals surface area (Å²) >= 11 is 0. The van der Waals surface area contributed by atoms with Crippen molar-refractivity contribution >= 4 is 17.7 Å². The average Bonchev–Trinajstić information content (AvgIpc) is 3.27. The van der Waals surface area contributed by atoms with Crippen LogP contribution in [0.1, 0.15) is 58.9 Å². The Morgan fingerprint density at radius 1 is 1.06 bits per heavy atom. The number of hydrogen-bond donors (Lipinski definition) is 0. The molecular weight excluding hydrogens is 426 g/mol. The fourth-order valence-corrected chi connectivity index (χ4v) is 4.25. The minimum atomic E-state index is -0.270. The van der Waals surface area contributed by atoms with Gasteiger partial charge in [0.15, 0.2) is 0 Å². The molecular formula is C29H39NO4. The second-order valence-electron chi connectivity index (χ2n) is 8.84. The van der Waals surface area contributed by atoms with Crippen LogP contribution in [0.15, 0.2) is 48.0 Å². The highest BCUT2D eigenvalue weighted by molar-refractivity contribution is 5.94. The van der Waals surface area contributed by atoms with E-state index in [4.69, 9.17) is 14.2 Å². The van der Waals surface area contributed by atoms with Gasteiger partial charge in [-0.05, 0) is 87.1 Å². The summed E-state index contributed by atoms with van der Waals surface area (Å²) in [6.45, 7) is 11.4. The van der Waals surface area contributed by atoms with Crippen molar-refractivity contribution in [1.82, 2.24) is 0 Å². The highest BCUT2D eigenvalue weighted by Gasteiger charge is 2.23. The molecule has 1 heterocycles. The Morgan fingerprint density at radius 3 is 2.50 bits per heavy atom. The molecule has 184 valence electrons. The molecule has 1 saturated heterocycles. The molecule has 0 spiro atoms. The third kappa shape index (κ3) is 7.10. The first-order chi connectivity index (χ1) is 16.5. The quantitative estimate of drug-likeness (QED) is 0.203. The van der Waals surface area contributed by atoms with Crippen LogP contribution in [0.3, 0.4) is 0 Å². The van der Waals surface area contributed by atoms with E-state index in [1.54, 1.807) is 0 Å². The lowest BCUT2D eigenvalue weighted by Crippen LogP contribution is -2.27.